The molecular formula is C20H13NO8S2. The summed E-state index contributed by atoms with van der Waals surface area (Å²) in [4.78, 5) is 21.7. The van der Waals surface area contributed by atoms with Gasteiger partial charge >= 0.3 is 0 Å². The highest BCUT2D eigenvalue weighted by molar-refractivity contribution is 7.86. The van der Waals surface area contributed by atoms with E-state index >= 15 is 0 Å². The molecule has 3 aromatic carbocycles. The molecule has 0 aliphatic rings. The Hall–Kier alpha value is -3.38. The Bertz CT molecular complexity index is 1380. The van der Waals surface area contributed by atoms with E-state index in [0.29, 0.717) is 0 Å². The van der Waals surface area contributed by atoms with Gasteiger partial charge in [-0.3, -0.25) is 18.7 Å². The zero-order chi connectivity index (χ0) is 22.8. The molecule has 0 fully saturated rings. The number of benzene rings is 3. The van der Waals surface area contributed by atoms with Gasteiger partial charge in [-0.15, -0.1) is 0 Å². The van der Waals surface area contributed by atoms with Crippen LogP contribution in [0.15, 0.2) is 70.5 Å². The Labute approximate surface area is 177 Å². The molecule has 0 saturated heterocycles. The minimum absolute atomic E-state index is 0.0108. The second-order valence-electron chi connectivity index (χ2n) is 6.22. The first kappa shape index (κ1) is 22.3. The topological polar surface area (TPSA) is 155 Å². The first-order valence-electron chi connectivity index (χ1n) is 8.40. The predicted octanol–water partition coefficient (Wildman–Crippen LogP) is 2.36. The van der Waals surface area contributed by atoms with E-state index in [1.165, 1.54) is 48.5 Å². The van der Waals surface area contributed by atoms with Gasteiger partial charge in [0, 0.05) is 27.9 Å². The van der Waals surface area contributed by atoms with E-state index < -0.39 is 35.9 Å². The maximum absolute atomic E-state index is 12.4. The minimum Gasteiger partial charge on any atom is -0.322 e. The van der Waals surface area contributed by atoms with Crippen LogP contribution in [0.25, 0.3) is 11.1 Å². The smallest absolute Gasteiger partial charge is 0.295 e. The fourth-order valence-corrected chi connectivity index (χ4v) is 4.18. The molecule has 11 heteroatoms. The molecule has 0 saturated carbocycles. The van der Waals surface area contributed by atoms with Crippen LogP contribution in [0, 0.1) is 6.07 Å². The highest BCUT2D eigenvalue weighted by Gasteiger charge is 2.23. The van der Waals surface area contributed by atoms with Crippen molar-refractivity contribution in [2.24, 2.45) is 0 Å². The molecule has 0 aliphatic carbocycles. The van der Waals surface area contributed by atoms with Crippen LogP contribution in [-0.2, 0) is 25.0 Å². The second-order valence-corrected chi connectivity index (χ2v) is 9.00. The van der Waals surface area contributed by atoms with Gasteiger partial charge in [0.1, 0.15) is 9.79 Å². The standard InChI is InChI=1S/C20H13NO8S2/c22-12-13-5-7-14(8-6-13)20(23)21-15-9-10-17(19(11-15)31(27,28)29)16-3-1-2-4-18(16)30(24,25)26/h1,3-11H,(H,21,23)(H,24,25,26)(H,27,28,29). The van der Waals surface area contributed by atoms with Crippen molar-refractivity contribution in [3.8, 4) is 11.1 Å². The molecule has 3 N–H and O–H groups in total. The van der Waals surface area contributed by atoms with Crippen molar-refractivity contribution in [3.63, 3.8) is 0 Å². The number of hydrogen-bond donors (Lipinski definition) is 3. The van der Waals surface area contributed by atoms with E-state index in [1.807, 2.05) is 0 Å². The van der Waals surface area contributed by atoms with E-state index in [0.717, 1.165) is 12.1 Å². The van der Waals surface area contributed by atoms with Gasteiger partial charge < -0.3 is 5.32 Å². The van der Waals surface area contributed by atoms with Crippen LogP contribution in [0.3, 0.4) is 0 Å². The van der Waals surface area contributed by atoms with E-state index in [4.69, 9.17) is 0 Å². The van der Waals surface area contributed by atoms with Crippen molar-refractivity contribution >= 4 is 38.1 Å². The van der Waals surface area contributed by atoms with Gasteiger partial charge in [0.15, 0.2) is 0 Å². The average Bonchev–Trinajstić information content (AvgIpc) is 2.72. The van der Waals surface area contributed by atoms with Crippen molar-refractivity contribution in [1.82, 2.24) is 0 Å². The summed E-state index contributed by atoms with van der Waals surface area (Å²) in [5.74, 6) is -0.626. The number of hydrogen-bond acceptors (Lipinski definition) is 6. The van der Waals surface area contributed by atoms with Crippen LogP contribution >= 0.6 is 0 Å². The number of rotatable bonds is 6. The highest BCUT2D eigenvalue weighted by atomic mass is 32.2. The second kappa shape index (κ2) is 8.40. The first-order valence-corrected chi connectivity index (χ1v) is 11.3. The summed E-state index contributed by atoms with van der Waals surface area (Å²) >= 11 is 0. The van der Waals surface area contributed by atoms with Gasteiger partial charge in [-0.1, -0.05) is 30.3 Å². The molecular weight excluding hydrogens is 446 g/mol. The van der Waals surface area contributed by atoms with Crippen molar-refractivity contribution in [2.75, 3.05) is 5.32 Å². The molecule has 0 aromatic heterocycles. The van der Waals surface area contributed by atoms with Crippen LogP contribution in [0.2, 0.25) is 0 Å². The summed E-state index contributed by atoms with van der Waals surface area (Å²) in [6.07, 6.45) is 1.66. The van der Waals surface area contributed by atoms with E-state index in [2.05, 4.69) is 11.4 Å². The molecule has 0 unspecified atom stereocenters. The number of nitrogens with one attached hydrogen (secondary N) is 1. The van der Waals surface area contributed by atoms with E-state index in [-0.39, 0.29) is 27.9 Å². The number of amides is 1. The van der Waals surface area contributed by atoms with Crippen molar-refractivity contribution in [3.05, 3.63) is 77.9 Å². The highest BCUT2D eigenvalue weighted by Crippen LogP contribution is 2.34. The lowest BCUT2D eigenvalue weighted by Crippen LogP contribution is -2.13. The summed E-state index contributed by atoms with van der Waals surface area (Å²) in [6.45, 7) is 0. The Balaban J connectivity index is 2.06. The van der Waals surface area contributed by atoms with Gasteiger partial charge in [0.25, 0.3) is 26.1 Å². The lowest BCUT2D eigenvalue weighted by Gasteiger charge is -2.13. The molecule has 0 heterocycles. The average molecular weight is 459 g/mol. The number of carbonyl (C=O) groups is 1. The van der Waals surface area contributed by atoms with Crippen molar-refractivity contribution < 1.29 is 35.5 Å². The Morgan fingerprint density at radius 3 is 2.06 bits per heavy atom. The van der Waals surface area contributed by atoms with E-state index in [9.17, 15) is 35.5 Å². The molecule has 3 rings (SSSR count). The molecule has 2 radical (unpaired) electrons. The molecule has 0 bridgehead atoms. The van der Waals surface area contributed by atoms with Gasteiger partial charge in [-0.05, 0) is 36.4 Å². The number of anilines is 1. The van der Waals surface area contributed by atoms with Crippen LogP contribution in [0.4, 0.5) is 5.69 Å². The van der Waals surface area contributed by atoms with Gasteiger partial charge in [0.2, 0.25) is 6.29 Å². The van der Waals surface area contributed by atoms with Gasteiger partial charge in [-0.25, -0.2) is 0 Å². The van der Waals surface area contributed by atoms with Crippen LogP contribution < -0.4 is 5.32 Å². The van der Waals surface area contributed by atoms with Gasteiger partial charge in [-0.2, -0.15) is 16.8 Å². The monoisotopic (exact) mass is 459 g/mol. The molecule has 31 heavy (non-hydrogen) atoms. The Kier molecular flexibility index (Phi) is 6.04. The SMILES string of the molecule is O=[C]c1ccc(C(=O)Nc2ccc(-c3cc[c]cc3S(=O)(=O)O)c(S(=O)(=O)O)c2)cc1. The number of carbonyl (C=O) groups excluding carboxylic acids is 2. The summed E-state index contributed by atoms with van der Waals surface area (Å²) in [5, 5.41) is 2.44. The summed E-state index contributed by atoms with van der Waals surface area (Å²) in [7, 11) is -9.58. The molecule has 0 atom stereocenters. The quantitative estimate of drug-likeness (QED) is 0.475. The molecule has 0 aliphatic heterocycles. The Morgan fingerprint density at radius 2 is 1.48 bits per heavy atom. The third kappa shape index (κ3) is 5.03. The third-order valence-electron chi connectivity index (χ3n) is 4.18. The van der Waals surface area contributed by atoms with E-state index in [1.54, 1.807) is 6.29 Å². The van der Waals surface area contributed by atoms with Crippen LogP contribution in [-0.4, -0.2) is 38.1 Å². The van der Waals surface area contributed by atoms with Crippen LogP contribution in [0.1, 0.15) is 15.9 Å². The van der Waals surface area contributed by atoms with Crippen LogP contribution in [0.5, 0.6) is 0 Å². The molecule has 0 spiro atoms. The molecule has 1 amide bonds. The molecule has 158 valence electrons. The molecule has 9 nitrogen and oxygen atoms in total. The summed E-state index contributed by atoms with van der Waals surface area (Å²) in [6, 6.07) is 14.8. The summed E-state index contributed by atoms with van der Waals surface area (Å²) < 4.78 is 66.3. The maximum Gasteiger partial charge on any atom is 0.295 e. The van der Waals surface area contributed by atoms with Crippen molar-refractivity contribution in [1.29, 1.82) is 0 Å². The maximum atomic E-state index is 12.4. The predicted molar refractivity (Wildman–Crippen MR) is 110 cm³/mol. The van der Waals surface area contributed by atoms with Crippen molar-refractivity contribution in [2.45, 2.75) is 9.79 Å². The largest absolute Gasteiger partial charge is 0.322 e. The molecule has 3 aromatic rings. The lowest BCUT2D eigenvalue weighted by atomic mass is 10.0. The normalized spacial score (nSPS) is 11.7. The van der Waals surface area contributed by atoms with Gasteiger partial charge in [0.05, 0.1) is 0 Å². The zero-order valence-corrected chi connectivity index (χ0v) is 17.1. The Morgan fingerprint density at radius 1 is 0.871 bits per heavy atom. The minimum atomic E-state index is -4.86. The zero-order valence-electron chi connectivity index (χ0n) is 15.4. The third-order valence-corrected chi connectivity index (χ3v) is 5.96. The lowest BCUT2D eigenvalue weighted by molar-refractivity contribution is 0.102. The first-order chi connectivity index (χ1) is 14.5. The fraction of sp³-hybridized carbons (Fsp3) is 0. The fourth-order valence-electron chi connectivity index (χ4n) is 2.78. The summed E-state index contributed by atoms with van der Waals surface area (Å²) in [5.41, 5.74) is -0.00296.